The van der Waals surface area contributed by atoms with E-state index in [1.54, 1.807) is 0 Å². The van der Waals surface area contributed by atoms with Gasteiger partial charge in [-0.05, 0) is 51.5 Å². The summed E-state index contributed by atoms with van der Waals surface area (Å²) >= 11 is 0. The van der Waals surface area contributed by atoms with Crippen molar-refractivity contribution in [2.75, 3.05) is 0 Å². The normalized spacial score (nSPS) is 21.0. The molecule has 0 amide bonds. The summed E-state index contributed by atoms with van der Waals surface area (Å²) in [5.74, 6) is 0. The number of fused-ring (bicyclic) bond motifs is 7. The van der Waals surface area contributed by atoms with Gasteiger partial charge in [-0.2, -0.15) is 0 Å². The largest absolute Gasteiger partial charge is 0.0991 e. The second kappa shape index (κ2) is 5.19. The highest BCUT2D eigenvalue weighted by Crippen LogP contribution is 2.63. The average molecular weight is 332 g/mol. The quantitative estimate of drug-likeness (QED) is 0.480. The number of benzene rings is 3. The molecule has 3 aromatic rings. The summed E-state index contributed by atoms with van der Waals surface area (Å²) in [4.78, 5) is 0. The Labute approximate surface area is 154 Å². The zero-order chi connectivity index (χ0) is 17.9. The standard InChI is InChI=1S/C26H20/c1-4-9-22-18(3)19-10-5-7-12-23(19)26(22)24-13-8-6-11-20(24)21-15-14-17(2)16-25(21)26/h4-16H,1,3H2,2H3/b22-9+. The first-order valence-corrected chi connectivity index (χ1v) is 9.03. The molecule has 0 nitrogen and oxygen atoms in total. The topological polar surface area (TPSA) is 0 Å². The molecule has 2 aliphatic rings. The van der Waals surface area contributed by atoms with E-state index < -0.39 is 0 Å². The number of hydrogen-bond donors (Lipinski definition) is 0. The molecule has 0 fully saturated rings. The van der Waals surface area contributed by atoms with Gasteiger partial charge in [0.15, 0.2) is 0 Å². The van der Waals surface area contributed by atoms with Crippen LogP contribution in [0.25, 0.3) is 16.7 Å². The Kier molecular flexibility index (Phi) is 3.02. The highest BCUT2D eigenvalue weighted by Gasteiger charge is 2.52. The molecule has 3 aromatic carbocycles. The van der Waals surface area contributed by atoms with Crippen molar-refractivity contribution < 1.29 is 0 Å². The fourth-order valence-electron chi connectivity index (χ4n) is 4.91. The molecule has 0 N–H and O–H groups in total. The first kappa shape index (κ1) is 15.2. The monoisotopic (exact) mass is 332 g/mol. The van der Waals surface area contributed by atoms with E-state index in [9.17, 15) is 0 Å². The predicted molar refractivity (Wildman–Crippen MR) is 110 cm³/mol. The third kappa shape index (κ3) is 1.64. The lowest BCUT2D eigenvalue weighted by Gasteiger charge is -2.31. The molecule has 1 atom stereocenters. The van der Waals surface area contributed by atoms with Gasteiger partial charge >= 0.3 is 0 Å². The van der Waals surface area contributed by atoms with Crippen LogP contribution in [0.4, 0.5) is 0 Å². The lowest BCUT2D eigenvalue weighted by atomic mass is 9.70. The van der Waals surface area contributed by atoms with E-state index >= 15 is 0 Å². The summed E-state index contributed by atoms with van der Waals surface area (Å²) in [6, 6.07) is 24.3. The second-order valence-corrected chi connectivity index (χ2v) is 7.18. The van der Waals surface area contributed by atoms with Gasteiger partial charge in [0.2, 0.25) is 0 Å². The average Bonchev–Trinajstić information content (AvgIpc) is 3.09. The summed E-state index contributed by atoms with van der Waals surface area (Å²) in [5.41, 5.74) is 11.3. The van der Waals surface area contributed by atoms with Crippen molar-refractivity contribution in [1.29, 1.82) is 0 Å². The third-order valence-electron chi connectivity index (χ3n) is 5.87. The molecule has 0 aliphatic heterocycles. The summed E-state index contributed by atoms with van der Waals surface area (Å²) in [6.45, 7) is 10.6. The van der Waals surface area contributed by atoms with Crippen LogP contribution in [0, 0.1) is 6.92 Å². The molecule has 0 bridgehead atoms. The molecule has 26 heavy (non-hydrogen) atoms. The molecule has 5 rings (SSSR count). The molecule has 0 saturated heterocycles. The molecule has 0 radical (unpaired) electrons. The number of rotatable bonds is 1. The third-order valence-corrected chi connectivity index (χ3v) is 5.87. The van der Waals surface area contributed by atoms with Crippen LogP contribution in [0.1, 0.15) is 27.8 Å². The summed E-state index contributed by atoms with van der Waals surface area (Å²) < 4.78 is 0. The zero-order valence-electron chi connectivity index (χ0n) is 14.9. The molecule has 0 heteroatoms. The highest BCUT2D eigenvalue weighted by molar-refractivity contribution is 5.99. The fourth-order valence-corrected chi connectivity index (χ4v) is 4.91. The van der Waals surface area contributed by atoms with Crippen molar-refractivity contribution >= 4 is 5.57 Å². The van der Waals surface area contributed by atoms with Crippen LogP contribution >= 0.6 is 0 Å². The minimum atomic E-state index is -0.292. The molecule has 1 spiro atoms. The maximum atomic E-state index is 4.47. The molecular weight excluding hydrogens is 312 g/mol. The van der Waals surface area contributed by atoms with Crippen LogP contribution in [0.2, 0.25) is 0 Å². The minimum absolute atomic E-state index is 0.292. The first-order valence-electron chi connectivity index (χ1n) is 9.03. The van der Waals surface area contributed by atoms with Crippen molar-refractivity contribution in [3.8, 4) is 11.1 Å². The van der Waals surface area contributed by atoms with Gasteiger partial charge in [0.05, 0.1) is 5.41 Å². The molecule has 0 heterocycles. The zero-order valence-corrected chi connectivity index (χ0v) is 14.9. The van der Waals surface area contributed by atoms with Crippen molar-refractivity contribution in [3.63, 3.8) is 0 Å². The maximum Gasteiger partial charge on any atom is 0.0725 e. The van der Waals surface area contributed by atoms with Gasteiger partial charge in [0.1, 0.15) is 0 Å². The van der Waals surface area contributed by atoms with Crippen LogP contribution in [-0.2, 0) is 5.41 Å². The van der Waals surface area contributed by atoms with Gasteiger partial charge in [-0.1, -0.05) is 97.6 Å². The van der Waals surface area contributed by atoms with Crippen LogP contribution in [0.3, 0.4) is 0 Å². The molecule has 124 valence electrons. The van der Waals surface area contributed by atoms with Gasteiger partial charge in [0, 0.05) is 0 Å². The second-order valence-electron chi connectivity index (χ2n) is 7.18. The first-order chi connectivity index (χ1) is 12.7. The van der Waals surface area contributed by atoms with Gasteiger partial charge in [-0.25, -0.2) is 0 Å². The summed E-state index contributed by atoms with van der Waals surface area (Å²) in [6.07, 6.45) is 4.04. The molecule has 0 saturated carbocycles. The van der Waals surface area contributed by atoms with E-state index in [1.807, 2.05) is 6.08 Å². The highest BCUT2D eigenvalue weighted by atomic mass is 14.5. The fraction of sp³-hybridized carbons (Fsp3) is 0.0769. The predicted octanol–water partition coefficient (Wildman–Crippen LogP) is 6.45. The lowest BCUT2D eigenvalue weighted by Crippen LogP contribution is -2.26. The van der Waals surface area contributed by atoms with Crippen molar-refractivity contribution in [1.82, 2.24) is 0 Å². The Bertz CT molecular complexity index is 1130. The van der Waals surface area contributed by atoms with Crippen molar-refractivity contribution in [3.05, 3.63) is 125 Å². The summed E-state index contributed by atoms with van der Waals surface area (Å²) in [5, 5.41) is 0. The molecule has 2 aliphatic carbocycles. The van der Waals surface area contributed by atoms with E-state index in [1.165, 1.54) is 44.5 Å². The van der Waals surface area contributed by atoms with E-state index in [0.717, 1.165) is 5.57 Å². The maximum absolute atomic E-state index is 4.47. The van der Waals surface area contributed by atoms with Gasteiger partial charge in [-0.15, -0.1) is 0 Å². The Morgan fingerprint density at radius 1 is 0.769 bits per heavy atom. The SMILES string of the molecule is C=C/C=C1\C(=C)c2ccccc2C12c1ccccc1-c1ccc(C)cc12. The molecular formula is C26H20. The number of allylic oxidation sites excluding steroid dienone is 4. The van der Waals surface area contributed by atoms with Crippen LogP contribution in [0.15, 0.2) is 97.6 Å². The van der Waals surface area contributed by atoms with Crippen LogP contribution in [0.5, 0.6) is 0 Å². The van der Waals surface area contributed by atoms with Crippen molar-refractivity contribution in [2.24, 2.45) is 0 Å². The number of aryl methyl sites for hydroxylation is 1. The summed E-state index contributed by atoms with van der Waals surface area (Å²) in [7, 11) is 0. The Morgan fingerprint density at radius 3 is 2.12 bits per heavy atom. The lowest BCUT2D eigenvalue weighted by molar-refractivity contribution is 0.793. The molecule has 0 aromatic heterocycles. The smallest absolute Gasteiger partial charge is 0.0725 e. The van der Waals surface area contributed by atoms with E-state index in [4.69, 9.17) is 0 Å². The molecule has 1 unspecified atom stereocenters. The van der Waals surface area contributed by atoms with Gasteiger partial charge in [0.25, 0.3) is 0 Å². The Hall–Kier alpha value is -3.12. The van der Waals surface area contributed by atoms with E-state index in [2.05, 4.69) is 92.9 Å². The van der Waals surface area contributed by atoms with Crippen molar-refractivity contribution in [2.45, 2.75) is 12.3 Å². The van der Waals surface area contributed by atoms with Gasteiger partial charge in [-0.3, -0.25) is 0 Å². The van der Waals surface area contributed by atoms with E-state index in [0.29, 0.717) is 0 Å². The van der Waals surface area contributed by atoms with Crippen LogP contribution in [-0.4, -0.2) is 0 Å². The Balaban J connectivity index is 2.03. The Morgan fingerprint density at radius 2 is 1.38 bits per heavy atom. The van der Waals surface area contributed by atoms with E-state index in [-0.39, 0.29) is 5.41 Å². The minimum Gasteiger partial charge on any atom is -0.0991 e. The van der Waals surface area contributed by atoms with Crippen LogP contribution < -0.4 is 0 Å². The number of hydrogen-bond acceptors (Lipinski definition) is 0. The van der Waals surface area contributed by atoms with Gasteiger partial charge < -0.3 is 0 Å².